The SMILES string of the molecule is C=CC(=O)OCCCCCNC(=O)OC(COc1ccccc1)COc1ccccc1COC(=O)C=C. The number of esters is 2. The van der Waals surface area contributed by atoms with Crippen LogP contribution in [-0.4, -0.2) is 50.5 Å². The van der Waals surface area contributed by atoms with Crippen molar-refractivity contribution in [2.75, 3.05) is 26.4 Å². The van der Waals surface area contributed by atoms with Crippen LogP contribution in [0.4, 0.5) is 4.79 Å². The molecule has 1 N–H and O–H groups in total. The summed E-state index contributed by atoms with van der Waals surface area (Å²) in [5.74, 6) is 0.130. The molecule has 0 radical (unpaired) electrons. The number of carbonyl (C=O) groups excluding carboxylic acids is 3. The van der Waals surface area contributed by atoms with Crippen molar-refractivity contribution in [1.29, 1.82) is 0 Å². The van der Waals surface area contributed by atoms with Crippen molar-refractivity contribution in [3.05, 3.63) is 85.5 Å². The Morgan fingerprint density at radius 2 is 1.49 bits per heavy atom. The fraction of sp³-hybridized carbons (Fsp3) is 0.321. The molecule has 0 fully saturated rings. The highest BCUT2D eigenvalue weighted by molar-refractivity contribution is 5.81. The van der Waals surface area contributed by atoms with Crippen molar-refractivity contribution in [3.63, 3.8) is 0 Å². The van der Waals surface area contributed by atoms with E-state index < -0.39 is 24.1 Å². The van der Waals surface area contributed by atoms with E-state index in [2.05, 4.69) is 18.5 Å². The molecule has 0 aliphatic heterocycles. The normalized spacial score (nSPS) is 10.9. The highest BCUT2D eigenvalue weighted by Crippen LogP contribution is 2.20. The first-order chi connectivity index (χ1) is 18.0. The summed E-state index contributed by atoms with van der Waals surface area (Å²) in [4.78, 5) is 34.8. The molecule has 1 amide bonds. The number of ether oxygens (including phenoxy) is 5. The zero-order valence-electron chi connectivity index (χ0n) is 20.8. The van der Waals surface area contributed by atoms with Gasteiger partial charge in [0, 0.05) is 24.3 Å². The summed E-state index contributed by atoms with van der Waals surface area (Å²) >= 11 is 0. The Morgan fingerprint density at radius 1 is 0.811 bits per heavy atom. The van der Waals surface area contributed by atoms with E-state index in [-0.39, 0.29) is 19.8 Å². The number of hydrogen-bond donors (Lipinski definition) is 1. The Balaban J connectivity index is 1.86. The van der Waals surface area contributed by atoms with E-state index in [0.717, 1.165) is 18.6 Å². The van der Waals surface area contributed by atoms with Gasteiger partial charge in [-0.1, -0.05) is 49.6 Å². The zero-order chi connectivity index (χ0) is 26.7. The summed E-state index contributed by atoms with van der Waals surface area (Å²) in [6.45, 7) is 7.53. The molecule has 9 heteroatoms. The van der Waals surface area contributed by atoms with E-state index in [4.69, 9.17) is 23.7 Å². The third-order valence-electron chi connectivity index (χ3n) is 4.89. The number of amides is 1. The predicted molar refractivity (Wildman–Crippen MR) is 137 cm³/mol. The lowest BCUT2D eigenvalue weighted by atomic mass is 10.2. The average molecular weight is 512 g/mol. The van der Waals surface area contributed by atoms with Gasteiger partial charge in [0.2, 0.25) is 0 Å². The minimum absolute atomic E-state index is 0.0142. The molecule has 1 unspecified atom stereocenters. The van der Waals surface area contributed by atoms with Crippen LogP contribution in [0.2, 0.25) is 0 Å². The molecule has 198 valence electrons. The molecular weight excluding hydrogens is 478 g/mol. The molecule has 0 spiro atoms. The summed E-state index contributed by atoms with van der Waals surface area (Å²) in [6.07, 6.45) is 3.03. The number of benzene rings is 2. The van der Waals surface area contributed by atoms with E-state index in [9.17, 15) is 14.4 Å². The maximum atomic E-state index is 12.4. The molecular formula is C28H33NO8. The van der Waals surface area contributed by atoms with Crippen LogP contribution in [0.5, 0.6) is 11.5 Å². The third kappa shape index (κ3) is 12.3. The van der Waals surface area contributed by atoms with E-state index in [0.29, 0.717) is 43.1 Å². The Bertz CT molecular complexity index is 1010. The van der Waals surface area contributed by atoms with Crippen LogP contribution in [-0.2, 0) is 30.4 Å². The lowest BCUT2D eigenvalue weighted by molar-refractivity contribution is -0.139. The zero-order valence-corrected chi connectivity index (χ0v) is 20.8. The second kappa shape index (κ2) is 17.2. The van der Waals surface area contributed by atoms with Gasteiger partial charge < -0.3 is 29.0 Å². The Morgan fingerprint density at radius 3 is 2.24 bits per heavy atom. The second-order valence-electron chi connectivity index (χ2n) is 7.74. The number of para-hydroxylation sites is 2. The highest BCUT2D eigenvalue weighted by atomic mass is 16.6. The molecule has 2 aromatic rings. The van der Waals surface area contributed by atoms with Crippen molar-refractivity contribution < 1.29 is 38.1 Å². The second-order valence-corrected chi connectivity index (χ2v) is 7.74. The molecule has 1 atom stereocenters. The Hall–Kier alpha value is -4.27. The van der Waals surface area contributed by atoms with Crippen LogP contribution in [0.25, 0.3) is 0 Å². The van der Waals surface area contributed by atoms with Crippen LogP contribution in [0.1, 0.15) is 24.8 Å². The van der Waals surface area contributed by atoms with Gasteiger partial charge in [0.1, 0.15) is 31.3 Å². The van der Waals surface area contributed by atoms with E-state index in [1.54, 1.807) is 36.4 Å². The Kier molecular flexibility index (Phi) is 13.5. The van der Waals surface area contributed by atoms with Gasteiger partial charge in [0.05, 0.1) is 6.61 Å². The van der Waals surface area contributed by atoms with Crippen LogP contribution in [0.3, 0.4) is 0 Å². The molecule has 2 aromatic carbocycles. The smallest absolute Gasteiger partial charge is 0.407 e. The van der Waals surface area contributed by atoms with Gasteiger partial charge in [0.15, 0.2) is 6.10 Å². The molecule has 0 aromatic heterocycles. The number of rotatable bonds is 17. The fourth-order valence-electron chi connectivity index (χ4n) is 3.00. The molecule has 2 rings (SSSR count). The van der Waals surface area contributed by atoms with Crippen molar-refractivity contribution in [3.8, 4) is 11.5 Å². The molecule has 37 heavy (non-hydrogen) atoms. The maximum Gasteiger partial charge on any atom is 0.407 e. The van der Waals surface area contributed by atoms with Crippen LogP contribution < -0.4 is 14.8 Å². The van der Waals surface area contributed by atoms with Gasteiger partial charge in [-0.25, -0.2) is 14.4 Å². The quantitative estimate of drug-likeness (QED) is 0.144. The number of carbonyl (C=O) groups is 3. The molecule has 0 aliphatic carbocycles. The van der Waals surface area contributed by atoms with E-state index >= 15 is 0 Å². The first-order valence-corrected chi connectivity index (χ1v) is 11.9. The molecule has 0 bridgehead atoms. The minimum Gasteiger partial charge on any atom is -0.490 e. The first kappa shape index (κ1) is 29.0. The van der Waals surface area contributed by atoms with E-state index in [1.165, 1.54) is 0 Å². The van der Waals surface area contributed by atoms with Crippen molar-refractivity contribution in [2.24, 2.45) is 0 Å². The van der Waals surface area contributed by atoms with Gasteiger partial charge in [-0.3, -0.25) is 0 Å². The lowest BCUT2D eigenvalue weighted by Crippen LogP contribution is -2.36. The van der Waals surface area contributed by atoms with Crippen LogP contribution >= 0.6 is 0 Å². The molecule has 9 nitrogen and oxygen atoms in total. The summed E-state index contributed by atoms with van der Waals surface area (Å²) in [6, 6.07) is 16.2. The van der Waals surface area contributed by atoms with Gasteiger partial charge in [-0.05, 0) is 37.5 Å². The lowest BCUT2D eigenvalue weighted by Gasteiger charge is -2.20. The molecule has 0 heterocycles. The predicted octanol–water partition coefficient (Wildman–Crippen LogP) is 4.37. The monoisotopic (exact) mass is 511 g/mol. The largest absolute Gasteiger partial charge is 0.490 e. The molecule has 0 saturated heterocycles. The summed E-state index contributed by atoms with van der Waals surface area (Å²) in [5.41, 5.74) is 0.656. The van der Waals surface area contributed by atoms with Gasteiger partial charge in [0.25, 0.3) is 0 Å². The van der Waals surface area contributed by atoms with Crippen molar-refractivity contribution in [2.45, 2.75) is 32.0 Å². The number of alkyl carbamates (subject to hydrolysis) is 1. The van der Waals surface area contributed by atoms with Gasteiger partial charge in [-0.2, -0.15) is 0 Å². The fourth-order valence-corrected chi connectivity index (χ4v) is 3.00. The van der Waals surface area contributed by atoms with E-state index in [1.807, 2.05) is 18.2 Å². The molecule has 0 aliphatic rings. The maximum absolute atomic E-state index is 12.4. The summed E-state index contributed by atoms with van der Waals surface area (Å²) < 4.78 is 27.2. The Labute approximate surface area is 217 Å². The number of unbranched alkanes of at least 4 members (excludes halogenated alkanes) is 2. The first-order valence-electron chi connectivity index (χ1n) is 11.9. The summed E-state index contributed by atoms with van der Waals surface area (Å²) in [5, 5.41) is 2.71. The summed E-state index contributed by atoms with van der Waals surface area (Å²) in [7, 11) is 0. The third-order valence-corrected chi connectivity index (χ3v) is 4.89. The minimum atomic E-state index is -0.720. The number of nitrogens with one attached hydrogen (secondary N) is 1. The topological polar surface area (TPSA) is 109 Å². The van der Waals surface area contributed by atoms with Crippen molar-refractivity contribution >= 4 is 18.0 Å². The number of hydrogen-bond acceptors (Lipinski definition) is 8. The standard InChI is InChI=1S/C28H33NO8/c1-3-26(30)33-18-12-6-11-17-29-28(32)37-24(20-34-23-14-7-5-8-15-23)21-35-25-16-10-9-13-22(25)19-36-27(31)4-2/h3-5,7-10,13-16,24H,1-2,6,11-12,17-21H2,(H,29,32). The molecule has 0 saturated carbocycles. The van der Waals surface area contributed by atoms with Gasteiger partial charge >= 0.3 is 18.0 Å². The van der Waals surface area contributed by atoms with Crippen LogP contribution in [0, 0.1) is 0 Å². The van der Waals surface area contributed by atoms with Crippen LogP contribution in [0.15, 0.2) is 79.9 Å². The van der Waals surface area contributed by atoms with Crippen molar-refractivity contribution in [1.82, 2.24) is 5.32 Å². The highest BCUT2D eigenvalue weighted by Gasteiger charge is 2.18. The average Bonchev–Trinajstić information content (AvgIpc) is 2.93. The van der Waals surface area contributed by atoms with Gasteiger partial charge in [-0.15, -0.1) is 0 Å².